The van der Waals surface area contributed by atoms with E-state index >= 15 is 0 Å². The minimum Gasteiger partial charge on any atom is -0.321 e. The second-order valence-electron chi connectivity index (χ2n) is 5.39. The first-order valence-corrected chi connectivity index (χ1v) is 8.83. The molecular formula is C19H12N6OS. The molecule has 130 valence electrons. The number of aromatic nitrogens is 5. The predicted molar refractivity (Wildman–Crippen MR) is 102 cm³/mol. The number of nitrogens with zero attached hydrogens (tertiary/aromatic N) is 5. The van der Waals surface area contributed by atoms with Gasteiger partial charge in [-0.25, -0.2) is 4.98 Å². The van der Waals surface area contributed by atoms with Crippen LogP contribution in [0.25, 0.3) is 5.69 Å². The molecule has 0 aliphatic rings. The van der Waals surface area contributed by atoms with Crippen molar-refractivity contribution in [1.82, 2.24) is 25.2 Å². The third-order valence-electron chi connectivity index (χ3n) is 3.57. The fourth-order valence-electron chi connectivity index (χ4n) is 2.36. The zero-order valence-corrected chi connectivity index (χ0v) is 14.7. The minimum absolute atomic E-state index is 0.231. The van der Waals surface area contributed by atoms with Crippen molar-refractivity contribution in [3.05, 3.63) is 82.6 Å². The number of amides is 1. The highest BCUT2D eigenvalue weighted by Gasteiger charge is 2.15. The number of hydrogen-bond acceptors (Lipinski definition) is 6. The van der Waals surface area contributed by atoms with Gasteiger partial charge < -0.3 is 5.32 Å². The largest absolute Gasteiger partial charge is 0.321 e. The molecule has 1 amide bonds. The van der Waals surface area contributed by atoms with Crippen molar-refractivity contribution in [3.63, 3.8) is 0 Å². The van der Waals surface area contributed by atoms with Crippen LogP contribution in [0.2, 0.25) is 0 Å². The number of anilines is 1. The van der Waals surface area contributed by atoms with Crippen LogP contribution in [0, 0.1) is 11.8 Å². The zero-order chi connectivity index (χ0) is 18.5. The van der Waals surface area contributed by atoms with Crippen LogP contribution in [0.3, 0.4) is 0 Å². The number of tetrazole rings is 1. The van der Waals surface area contributed by atoms with Crippen LogP contribution in [0.1, 0.15) is 20.9 Å². The molecule has 0 spiro atoms. The smallest absolute Gasteiger partial charge is 0.267 e. The van der Waals surface area contributed by atoms with Crippen molar-refractivity contribution in [2.45, 2.75) is 0 Å². The van der Waals surface area contributed by atoms with E-state index in [1.165, 1.54) is 22.3 Å². The quantitative estimate of drug-likeness (QED) is 0.559. The highest BCUT2D eigenvalue weighted by molar-refractivity contribution is 7.12. The normalized spacial score (nSPS) is 10.1. The zero-order valence-electron chi connectivity index (χ0n) is 13.9. The fourth-order valence-corrected chi connectivity index (χ4v) is 3.13. The molecule has 0 unspecified atom stereocenters. The molecule has 3 aromatic heterocycles. The lowest BCUT2D eigenvalue weighted by Gasteiger charge is -2.06. The Kier molecular flexibility index (Phi) is 4.68. The lowest BCUT2D eigenvalue weighted by atomic mass is 10.2. The van der Waals surface area contributed by atoms with Gasteiger partial charge in [-0.2, -0.15) is 4.68 Å². The molecule has 0 bridgehead atoms. The van der Waals surface area contributed by atoms with Gasteiger partial charge in [0.2, 0.25) is 0 Å². The minimum atomic E-state index is -0.231. The number of thiophene rings is 1. The molecule has 0 atom stereocenters. The molecule has 0 aliphatic carbocycles. The van der Waals surface area contributed by atoms with Crippen molar-refractivity contribution in [3.8, 4) is 17.5 Å². The summed E-state index contributed by atoms with van der Waals surface area (Å²) in [6.45, 7) is 0. The van der Waals surface area contributed by atoms with E-state index in [0.29, 0.717) is 21.9 Å². The standard InChI is InChI=1S/C19H12N6OS/c26-19(18-17(9-11-27-18)25-13-21-23-24-25)22-16-6-3-4-14(12-16)7-8-15-5-1-2-10-20-15/h1-6,9-13H,(H,22,26). The van der Waals surface area contributed by atoms with Crippen molar-refractivity contribution in [1.29, 1.82) is 0 Å². The molecule has 0 saturated heterocycles. The van der Waals surface area contributed by atoms with E-state index in [1.54, 1.807) is 12.3 Å². The van der Waals surface area contributed by atoms with E-state index in [2.05, 4.69) is 37.7 Å². The first-order chi connectivity index (χ1) is 13.3. The van der Waals surface area contributed by atoms with Gasteiger partial charge in [-0.05, 0) is 58.1 Å². The maximum Gasteiger partial charge on any atom is 0.267 e. The maximum atomic E-state index is 12.7. The number of pyridine rings is 1. The van der Waals surface area contributed by atoms with Gasteiger partial charge in [0.1, 0.15) is 16.9 Å². The summed E-state index contributed by atoms with van der Waals surface area (Å²) < 4.78 is 1.46. The number of carbonyl (C=O) groups is 1. The molecular weight excluding hydrogens is 360 g/mol. The van der Waals surface area contributed by atoms with E-state index in [4.69, 9.17) is 0 Å². The summed E-state index contributed by atoms with van der Waals surface area (Å²) in [7, 11) is 0. The Bertz CT molecular complexity index is 1130. The van der Waals surface area contributed by atoms with E-state index in [0.717, 1.165) is 5.56 Å². The highest BCUT2D eigenvalue weighted by Crippen LogP contribution is 2.22. The Labute approximate surface area is 158 Å². The summed E-state index contributed by atoms with van der Waals surface area (Å²) in [5, 5.41) is 15.8. The van der Waals surface area contributed by atoms with Gasteiger partial charge >= 0.3 is 0 Å². The molecule has 4 aromatic rings. The number of nitrogens with one attached hydrogen (secondary N) is 1. The van der Waals surface area contributed by atoms with E-state index in [9.17, 15) is 4.79 Å². The van der Waals surface area contributed by atoms with Crippen LogP contribution in [0.15, 0.2) is 66.4 Å². The van der Waals surface area contributed by atoms with Crippen molar-refractivity contribution < 1.29 is 4.79 Å². The van der Waals surface area contributed by atoms with E-state index in [-0.39, 0.29) is 5.91 Å². The van der Waals surface area contributed by atoms with Crippen molar-refractivity contribution in [2.24, 2.45) is 0 Å². The Morgan fingerprint density at radius 1 is 1.11 bits per heavy atom. The fraction of sp³-hybridized carbons (Fsp3) is 0. The Balaban J connectivity index is 1.53. The second kappa shape index (κ2) is 7.59. The molecule has 8 heteroatoms. The monoisotopic (exact) mass is 372 g/mol. The Morgan fingerprint density at radius 3 is 2.89 bits per heavy atom. The lowest BCUT2D eigenvalue weighted by molar-refractivity contribution is 0.103. The van der Waals surface area contributed by atoms with E-state index in [1.807, 2.05) is 47.8 Å². The van der Waals surface area contributed by atoms with Crippen LogP contribution in [0.4, 0.5) is 5.69 Å². The molecule has 0 radical (unpaired) electrons. The number of rotatable bonds is 3. The summed E-state index contributed by atoms with van der Waals surface area (Å²) >= 11 is 1.32. The third kappa shape index (κ3) is 3.89. The molecule has 0 fully saturated rings. The molecule has 0 saturated carbocycles. The van der Waals surface area contributed by atoms with Crippen LogP contribution >= 0.6 is 11.3 Å². The van der Waals surface area contributed by atoms with Crippen LogP contribution < -0.4 is 5.32 Å². The first kappa shape index (κ1) is 16.6. The third-order valence-corrected chi connectivity index (χ3v) is 4.47. The molecule has 1 N–H and O–H groups in total. The average molecular weight is 372 g/mol. The summed E-state index contributed by atoms with van der Waals surface area (Å²) in [6.07, 6.45) is 3.15. The van der Waals surface area contributed by atoms with Gasteiger partial charge in [0.15, 0.2) is 0 Å². The Hall–Kier alpha value is -3.83. The molecule has 7 nitrogen and oxygen atoms in total. The molecule has 4 rings (SSSR count). The van der Waals surface area contributed by atoms with Crippen molar-refractivity contribution >= 4 is 22.9 Å². The molecule has 0 aliphatic heterocycles. The van der Waals surface area contributed by atoms with Crippen LogP contribution in [-0.4, -0.2) is 31.1 Å². The number of carbonyl (C=O) groups excluding carboxylic acids is 1. The van der Waals surface area contributed by atoms with Gasteiger partial charge in [0, 0.05) is 17.4 Å². The van der Waals surface area contributed by atoms with Crippen molar-refractivity contribution in [2.75, 3.05) is 5.32 Å². The topological polar surface area (TPSA) is 85.6 Å². The van der Waals surface area contributed by atoms with E-state index < -0.39 is 0 Å². The summed E-state index contributed by atoms with van der Waals surface area (Å²) in [5.74, 6) is 5.82. The Morgan fingerprint density at radius 2 is 2.07 bits per heavy atom. The molecule has 1 aromatic carbocycles. The first-order valence-electron chi connectivity index (χ1n) is 7.95. The van der Waals surface area contributed by atoms with Gasteiger partial charge in [-0.3, -0.25) is 4.79 Å². The SMILES string of the molecule is O=C(Nc1cccc(C#Cc2ccccn2)c1)c1sccc1-n1cnnn1. The van der Waals surface area contributed by atoms with Gasteiger partial charge in [0.25, 0.3) is 5.91 Å². The highest BCUT2D eigenvalue weighted by atomic mass is 32.1. The summed E-state index contributed by atoms with van der Waals surface area (Å²) in [4.78, 5) is 17.3. The summed E-state index contributed by atoms with van der Waals surface area (Å²) in [6, 6.07) is 14.7. The van der Waals surface area contributed by atoms with Gasteiger partial charge in [0.05, 0.1) is 5.69 Å². The average Bonchev–Trinajstić information content (AvgIpc) is 3.39. The van der Waals surface area contributed by atoms with Crippen LogP contribution in [0.5, 0.6) is 0 Å². The maximum absolute atomic E-state index is 12.7. The predicted octanol–water partition coefficient (Wildman–Crippen LogP) is 2.77. The lowest BCUT2D eigenvalue weighted by Crippen LogP contribution is -2.13. The number of benzene rings is 1. The molecule has 27 heavy (non-hydrogen) atoms. The van der Waals surface area contributed by atoms with Gasteiger partial charge in [-0.1, -0.05) is 18.1 Å². The number of hydrogen-bond donors (Lipinski definition) is 1. The van der Waals surface area contributed by atoms with Crippen LogP contribution in [-0.2, 0) is 0 Å². The second-order valence-corrected chi connectivity index (χ2v) is 6.31. The molecule has 3 heterocycles. The summed E-state index contributed by atoms with van der Waals surface area (Å²) in [5.41, 5.74) is 2.76. The van der Waals surface area contributed by atoms with Gasteiger partial charge in [-0.15, -0.1) is 16.4 Å².